The standard InChI is InChI=1S/C14H14O3/c1-10-4-6-11(7-5-10)12(9-14(15)16)13-3-2-8-17-13/h2-8,12H,9H2,1H3,(H,15,16)/t12-/m0/s1. The van der Waals surface area contributed by atoms with E-state index in [-0.39, 0.29) is 12.3 Å². The predicted molar refractivity (Wildman–Crippen MR) is 64.0 cm³/mol. The van der Waals surface area contributed by atoms with Crippen LogP contribution < -0.4 is 0 Å². The van der Waals surface area contributed by atoms with Crippen LogP contribution in [0.3, 0.4) is 0 Å². The fourth-order valence-corrected chi connectivity index (χ4v) is 1.85. The lowest BCUT2D eigenvalue weighted by Gasteiger charge is -2.12. The molecule has 0 saturated carbocycles. The molecule has 1 heterocycles. The number of rotatable bonds is 4. The second-order valence-electron chi connectivity index (χ2n) is 4.08. The van der Waals surface area contributed by atoms with Crippen molar-refractivity contribution in [1.82, 2.24) is 0 Å². The first-order valence-electron chi connectivity index (χ1n) is 5.48. The highest BCUT2D eigenvalue weighted by Crippen LogP contribution is 2.28. The van der Waals surface area contributed by atoms with Gasteiger partial charge >= 0.3 is 5.97 Å². The van der Waals surface area contributed by atoms with Crippen LogP contribution in [0.25, 0.3) is 0 Å². The number of carboxylic acid groups (broad SMARTS) is 1. The van der Waals surface area contributed by atoms with Crippen molar-refractivity contribution < 1.29 is 14.3 Å². The van der Waals surface area contributed by atoms with Gasteiger partial charge in [-0.15, -0.1) is 0 Å². The van der Waals surface area contributed by atoms with Crippen LogP contribution in [0, 0.1) is 6.92 Å². The van der Waals surface area contributed by atoms with Gasteiger partial charge in [-0.25, -0.2) is 0 Å². The Bertz CT molecular complexity index is 483. The molecule has 1 atom stereocenters. The van der Waals surface area contributed by atoms with Crippen molar-refractivity contribution in [2.24, 2.45) is 0 Å². The topological polar surface area (TPSA) is 50.4 Å². The van der Waals surface area contributed by atoms with Gasteiger partial charge in [0.25, 0.3) is 0 Å². The van der Waals surface area contributed by atoms with Crippen molar-refractivity contribution in [3.63, 3.8) is 0 Å². The monoisotopic (exact) mass is 230 g/mol. The van der Waals surface area contributed by atoms with Crippen molar-refractivity contribution in [1.29, 1.82) is 0 Å². The summed E-state index contributed by atoms with van der Waals surface area (Å²) < 4.78 is 5.32. The summed E-state index contributed by atoms with van der Waals surface area (Å²) in [7, 11) is 0. The molecule has 0 fully saturated rings. The molecular weight excluding hydrogens is 216 g/mol. The fraction of sp³-hybridized carbons (Fsp3) is 0.214. The first kappa shape index (κ1) is 11.5. The average Bonchev–Trinajstić information content (AvgIpc) is 2.80. The third-order valence-corrected chi connectivity index (χ3v) is 2.75. The Morgan fingerprint density at radius 1 is 1.29 bits per heavy atom. The molecule has 3 heteroatoms. The van der Waals surface area contributed by atoms with Gasteiger partial charge in [0.15, 0.2) is 0 Å². The largest absolute Gasteiger partial charge is 0.481 e. The van der Waals surface area contributed by atoms with Crippen LogP contribution in [0.15, 0.2) is 47.1 Å². The molecule has 1 aromatic heterocycles. The Kier molecular flexibility index (Phi) is 3.28. The summed E-state index contributed by atoms with van der Waals surface area (Å²) in [6, 6.07) is 11.4. The normalized spacial score (nSPS) is 12.3. The van der Waals surface area contributed by atoms with Gasteiger partial charge in [-0.05, 0) is 24.6 Å². The Morgan fingerprint density at radius 2 is 2.00 bits per heavy atom. The van der Waals surface area contributed by atoms with Crippen LogP contribution in [0.1, 0.15) is 29.2 Å². The molecule has 0 radical (unpaired) electrons. The summed E-state index contributed by atoms with van der Waals surface area (Å²) in [5.41, 5.74) is 2.12. The summed E-state index contributed by atoms with van der Waals surface area (Å²) in [4.78, 5) is 10.9. The predicted octanol–water partition coefficient (Wildman–Crippen LogP) is 3.19. The SMILES string of the molecule is Cc1ccc([C@H](CC(=O)O)c2ccco2)cc1. The van der Waals surface area contributed by atoms with Crippen LogP contribution in [-0.4, -0.2) is 11.1 Å². The molecule has 0 aliphatic carbocycles. The number of aliphatic carboxylic acids is 1. The van der Waals surface area contributed by atoms with E-state index in [9.17, 15) is 4.79 Å². The van der Waals surface area contributed by atoms with Crippen LogP contribution in [-0.2, 0) is 4.79 Å². The number of carboxylic acids is 1. The van der Waals surface area contributed by atoms with E-state index in [0.717, 1.165) is 11.1 Å². The number of benzene rings is 1. The molecule has 0 unspecified atom stereocenters. The second-order valence-corrected chi connectivity index (χ2v) is 4.08. The Morgan fingerprint density at radius 3 is 2.53 bits per heavy atom. The molecule has 1 aromatic carbocycles. The molecule has 3 nitrogen and oxygen atoms in total. The zero-order chi connectivity index (χ0) is 12.3. The van der Waals surface area contributed by atoms with Gasteiger partial charge < -0.3 is 9.52 Å². The zero-order valence-electron chi connectivity index (χ0n) is 9.59. The van der Waals surface area contributed by atoms with Crippen LogP contribution in [0.5, 0.6) is 0 Å². The van der Waals surface area contributed by atoms with Gasteiger partial charge in [-0.2, -0.15) is 0 Å². The summed E-state index contributed by atoms with van der Waals surface area (Å²) in [6.45, 7) is 2.00. The molecular formula is C14H14O3. The fourth-order valence-electron chi connectivity index (χ4n) is 1.85. The molecule has 0 aliphatic heterocycles. The molecule has 0 amide bonds. The first-order valence-corrected chi connectivity index (χ1v) is 5.48. The summed E-state index contributed by atoms with van der Waals surface area (Å²) in [6.07, 6.45) is 1.61. The maximum atomic E-state index is 10.9. The lowest BCUT2D eigenvalue weighted by molar-refractivity contribution is -0.137. The van der Waals surface area contributed by atoms with Crippen LogP contribution in [0.4, 0.5) is 0 Å². The van der Waals surface area contributed by atoms with E-state index in [4.69, 9.17) is 9.52 Å². The van der Waals surface area contributed by atoms with Crippen molar-refractivity contribution in [3.05, 3.63) is 59.5 Å². The average molecular weight is 230 g/mol. The molecule has 1 N–H and O–H groups in total. The highest BCUT2D eigenvalue weighted by atomic mass is 16.4. The lowest BCUT2D eigenvalue weighted by Crippen LogP contribution is -2.07. The van der Waals surface area contributed by atoms with E-state index in [1.165, 1.54) is 0 Å². The number of hydrogen-bond donors (Lipinski definition) is 1. The highest BCUT2D eigenvalue weighted by molar-refractivity contribution is 5.68. The van der Waals surface area contributed by atoms with Gasteiger partial charge in [-0.3, -0.25) is 4.79 Å². The summed E-state index contributed by atoms with van der Waals surface area (Å²) >= 11 is 0. The molecule has 88 valence electrons. The maximum absolute atomic E-state index is 10.9. The minimum absolute atomic E-state index is 0.0383. The van der Waals surface area contributed by atoms with Crippen molar-refractivity contribution in [2.45, 2.75) is 19.3 Å². The molecule has 0 bridgehead atoms. The Balaban J connectivity index is 2.33. The van der Waals surface area contributed by atoms with Crippen LogP contribution >= 0.6 is 0 Å². The smallest absolute Gasteiger partial charge is 0.304 e. The Hall–Kier alpha value is -2.03. The number of furan rings is 1. The molecule has 0 saturated heterocycles. The Labute approximate surface area is 99.7 Å². The number of aryl methyl sites for hydroxylation is 1. The van der Waals surface area contributed by atoms with Crippen molar-refractivity contribution in [3.8, 4) is 0 Å². The number of carbonyl (C=O) groups is 1. The van der Waals surface area contributed by atoms with E-state index >= 15 is 0 Å². The van der Waals surface area contributed by atoms with Gasteiger partial charge in [0.1, 0.15) is 5.76 Å². The quantitative estimate of drug-likeness (QED) is 0.877. The van der Waals surface area contributed by atoms with E-state index in [1.54, 1.807) is 12.3 Å². The summed E-state index contributed by atoms with van der Waals surface area (Å²) in [5, 5.41) is 8.96. The summed E-state index contributed by atoms with van der Waals surface area (Å²) in [5.74, 6) is -0.355. The molecule has 0 spiro atoms. The van der Waals surface area contributed by atoms with Crippen molar-refractivity contribution in [2.75, 3.05) is 0 Å². The second kappa shape index (κ2) is 4.87. The minimum Gasteiger partial charge on any atom is -0.481 e. The van der Waals surface area contributed by atoms with Gasteiger partial charge in [0.2, 0.25) is 0 Å². The van der Waals surface area contributed by atoms with Crippen LogP contribution in [0.2, 0.25) is 0 Å². The van der Waals surface area contributed by atoms with E-state index in [0.29, 0.717) is 5.76 Å². The zero-order valence-corrected chi connectivity index (χ0v) is 9.59. The molecule has 0 aliphatic rings. The van der Waals surface area contributed by atoms with E-state index in [1.807, 2.05) is 37.3 Å². The van der Waals surface area contributed by atoms with E-state index < -0.39 is 5.97 Å². The van der Waals surface area contributed by atoms with E-state index in [2.05, 4.69) is 0 Å². The first-order chi connectivity index (χ1) is 8.16. The third kappa shape index (κ3) is 2.75. The highest BCUT2D eigenvalue weighted by Gasteiger charge is 2.20. The third-order valence-electron chi connectivity index (χ3n) is 2.75. The number of hydrogen-bond acceptors (Lipinski definition) is 2. The van der Waals surface area contributed by atoms with Crippen molar-refractivity contribution >= 4 is 5.97 Å². The lowest BCUT2D eigenvalue weighted by atomic mass is 9.93. The molecule has 2 aromatic rings. The molecule has 17 heavy (non-hydrogen) atoms. The van der Waals surface area contributed by atoms with Gasteiger partial charge in [0.05, 0.1) is 18.6 Å². The van der Waals surface area contributed by atoms with Gasteiger partial charge in [0, 0.05) is 0 Å². The maximum Gasteiger partial charge on any atom is 0.304 e. The molecule has 2 rings (SSSR count). The van der Waals surface area contributed by atoms with Gasteiger partial charge in [-0.1, -0.05) is 29.8 Å². The minimum atomic E-state index is -0.827.